The molecule has 0 heterocycles. The molecule has 0 saturated carbocycles. The Morgan fingerprint density at radius 1 is 0.526 bits per heavy atom. The zero-order valence-corrected chi connectivity index (χ0v) is 13.2. The van der Waals surface area contributed by atoms with Crippen molar-refractivity contribution in [2.75, 3.05) is 0 Å². The van der Waals surface area contributed by atoms with Gasteiger partial charge < -0.3 is 0 Å². The van der Waals surface area contributed by atoms with Crippen LogP contribution >= 0.6 is 0 Å². The van der Waals surface area contributed by atoms with Gasteiger partial charge in [0.15, 0.2) is 6.29 Å². The lowest BCUT2D eigenvalue weighted by atomic mass is 11.0. The van der Waals surface area contributed by atoms with Gasteiger partial charge >= 0.3 is 0 Å². The summed E-state index contributed by atoms with van der Waals surface area (Å²) in [5, 5.41) is 0. The van der Waals surface area contributed by atoms with Crippen LogP contribution in [0.5, 0.6) is 0 Å². The van der Waals surface area contributed by atoms with E-state index in [-0.39, 0.29) is 0 Å². The van der Waals surface area contributed by atoms with Crippen LogP contribution in [0.1, 0.15) is 110 Å². The first-order valence-electron chi connectivity index (χ1n) is 8.76. The van der Waals surface area contributed by atoms with Crippen molar-refractivity contribution < 1.29 is 4.79 Å². The van der Waals surface area contributed by atoms with Crippen LogP contribution in [0.25, 0.3) is 0 Å². The van der Waals surface area contributed by atoms with Crippen LogP contribution in [0.4, 0.5) is 0 Å². The fourth-order valence-corrected chi connectivity index (χ4v) is 2.57. The summed E-state index contributed by atoms with van der Waals surface area (Å²) in [4.78, 5) is 10.0. The highest BCUT2D eigenvalue weighted by Gasteiger charge is 1.94. The van der Waals surface area contributed by atoms with Crippen LogP contribution in [0.15, 0.2) is 0 Å². The van der Waals surface area contributed by atoms with E-state index in [0.29, 0.717) is 6.42 Å². The molecule has 113 valence electrons. The Morgan fingerprint density at radius 3 is 1.16 bits per heavy atom. The Balaban J connectivity index is 2.89. The molecule has 1 heteroatoms. The molecule has 0 atom stereocenters. The van der Waals surface area contributed by atoms with Crippen LogP contribution in [-0.2, 0) is 4.79 Å². The molecule has 0 saturated heterocycles. The van der Waals surface area contributed by atoms with E-state index in [1.807, 2.05) is 6.29 Å². The van der Waals surface area contributed by atoms with Gasteiger partial charge in [-0.3, -0.25) is 4.79 Å². The van der Waals surface area contributed by atoms with Crippen LogP contribution in [0.2, 0.25) is 0 Å². The second-order valence-electron chi connectivity index (χ2n) is 5.84. The lowest BCUT2D eigenvalue weighted by Crippen LogP contribution is -1.83. The van der Waals surface area contributed by atoms with E-state index in [0.717, 1.165) is 6.42 Å². The van der Waals surface area contributed by atoms with E-state index >= 15 is 0 Å². The Kier molecular flexibility index (Phi) is 17.4. The molecule has 0 spiro atoms. The topological polar surface area (TPSA) is 17.1 Å². The maximum atomic E-state index is 10.0. The standard InChI is InChI=1S/C18H35O/c1-2-3-4-5-6-7-8-9-10-11-12-13-14-15-16-17-18-19/h2-17H2,1H3/i1+1,2+1,3+1,4+1,5+1,6+1,7+1,8+1,9+1,10+1,11+1,12+1,13+1,14+1,15+1,16+1,17+1,18+1. The van der Waals surface area contributed by atoms with E-state index in [2.05, 4.69) is 6.92 Å². The molecule has 0 aromatic rings. The quantitative estimate of drug-likeness (QED) is 0.238. The van der Waals surface area contributed by atoms with E-state index in [1.54, 1.807) is 0 Å². The minimum Gasteiger partial charge on any atom is -0.291 e. The van der Waals surface area contributed by atoms with Gasteiger partial charge in [-0.15, -0.1) is 0 Å². The zero-order chi connectivity index (χ0) is 14.0. The number of carbonyl (C=O) groups excluding carboxylic acids is 1. The summed E-state index contributed by atoms with van der Waals surface area (Å²) in [6.45, 7) is 2.28. The molecule has 0 amide bonds. The van der Waals surface area contributed by atoms with Gasteiger partial charge in [0.2, 0.25) is 0 Å². The van der Waals surface area contributed by atoms with Crippen molar-refractivity contribution in [1.82, 2.24) is 0 Å². The first kappa shape index (κ1) is 18.7. The first-order valence-corrected chi connectivity index (χ1v) is 8.76. The fourth-order valence-electron chi connectivity index (χ4n) is 2.57. The molecule has 0 aliphatic carbocycles. The van der Waals surface area contributed by atoms with Gasteiger partial charge in [-0.25, -0.2) is 0 Å². The van der Waals surface area contributed by atoms with Gasteiger partial charge in [-0.2, -0.15) is 0 Å². The zero-order valence-electron chi connectivity index (χ0n) is 13.2. The molecule has 0 bridgehead atoms. The van der Waals surface area contributed by atoms with Gasteiger partial charge in [-0.05, 0) is 6.42 Å². The van der Waals surface area contributed by atoms with Crippen LogP contribution in [0.3, 0.4) is 0 Å². The lowest BCUT2D eigenvalue weighted by molar-refractivity contribution is 0.527. The summed E-state index contributed by atoms with van der Waals surface area (Å²) in [6.07, 6.45) is 23.2. The summed E-state index contributed by atoms with van der Waals surface area (Å²) in [5.74, 6) is 0. The molecule has 1 radical (unpaired) electrons. The predicted octanol–water partition coefficient (Wildman–Crippen LogP) is 6.36. The molecular weight excluding hydrogens is 250 g/mol. The van der Waals surface area contributed by atoms with E-state index in [9.17, 15) is 4.79 Å². The Bertz CT molecular complexity index is 165. The predicted molar refractivity (Wildman–Crippen MR) is 85.2 cm³/mol. The van der Waals surface area contributed by atoms with Crippen molar-refractivity contribution in [3.8, 4) is 0 Å². The van der Waals surface area contributed by atoms with Crippen molar-refractivity contribution in [2.24, 2.45) is 0 Å². The third-order valence-corrected chi connectivity index (χ3v) is 3.88. The van der Waals surface area contributed by atoms with Gasteiger partial charge in [0.05, 0.1) is 0 Å². The molecule has 0 aromatic carbocycles. The van der Waals surface area contributed by atoms with E-state index in [1.165, 1.54) is 89.9 Å². The monoisotopic (exact) mass is 285 g/mol. The molecule has 0 N–H and O–H groups in total. The average molecular weight is 285 g/mol. The summed E-state index contributed by atoms with van der Waals surface area (Å²) in [5.41, 5.74) is 0. The second-order valence-corrected chi connectivity index (χ2v) is 5.84. The molecular formula is C18H35O. The summed E-state index contributed by atoms with van der Waals surface area (Å²) < 4.78 is 0. The Labute approximate surface area is 121 Å². The summed E-state index contributed by atoms with van der Waals surface area (Å²) in [6, 6.07) is 0. The van der Waals surface area contributed by atoms with Crippen molar-refractivity contribution in [3.05, 3.63) is 0 Å². The lowest BCUT2D eigenvalue weighted by Gasteiger charge is -2.02. The molecule has 19 heavy (non-hydrogen) atoms. The molecule has 0 fully saturated rings. The summed E-state index contributed by atoms with van der Waals surface area (Å²) >= 11 is 0. The highest BCUT2D eigenvalue weighted by atomic mass is 16.2. The first-order chi connectivity index (χ1) is 9.41. The van der Waals surface area contributed by atoms with Crippen LogP contribution in [0, 0.1) is 0 Å². The number of hydrogen-bond donors (Lipinski definition) is 0. The largest absolute Gasteiger partial charge is 0.291 e. The molecule has 0 aliphatic heterocycles. The molecule has 0 rings (SSSR count). The third-order valence-electron chi connectivity index (χ3n) is 3.88. The molecule has 0 aliphatic rings. The number of hydrogen-bond acceptors (Lipinski definition) is 1. The van der Waals surface area contributed by atoms with Crippen molar-refractivity contribution in [1.29, 1.82) is 0 Å². The second kappa shape index (κ2) is 17.7. The number of rotatable bonds is 16. The Hall–Kier alpha value is -0.330. The molecule has 1 nitrogen and oxygen atoms in total. The highest BCUT2D eigenvalue weighted by Crippen LogP contribution is 2.13. The van der Waals surface area contributed by atoms with Gasteiger partial charge in [-0.1, -0.05) is 96.8 Å². The summed E-state index contributed by atoms with van der Waals surface area (Å²) in [7, 11) is 0. The number of unbranched alkanes of at least 4 members (excludes halogenated alkanes) is 15. The maximum Gasteiger partial charge on any atom is 0.198 e. The smallest absolute Gasteiger partial charge is 0.198 e. The van der Waals surface area contributed by atoms with Crippen molar-refractivity contribution in [3.63, 3.8) is 0 Å². The minimum atomic E-state index is 0.637. The third kappa shape index (κ3) is 17.7. The normalized spacial score (nSPS) is 10.8. The molecule has 0 unspecified atom stereocenters. The fraction of sp³-hybridized carbons (Fsp3) is 0.944. The van der Waals surface area contributed by atoms with Gasteiger partial charge in [0.1, 0.15) is 0 Å². The van der Waals surface area contributed by atoms with Crippen LogP contribution in [-0.4, -0.2) is 6.29 Å². The molecule has 0 aromatic heterocycles. The highest BCUT2D eigenvalue weighted by molar-refractivity contribution is 5.50. The maximum absolute atomic E-state index is 10.0. The Morgan fingerprint density at radius 2 is 0.842 bits per heavy atom. The van der Waals surface area contributed by atoms with E-state index in [4.69, 9.17) is 0 Å². The minimum absolute atomic E-state index is 0.637. The van der Waals surface area contributed by atoms with Crippen LogP contribution < -0.4 is 0 Å². The van der Waals surface area contributed by atoms with E-state index < -0.39 is 0 Å². The van der Waals surface area contributed by atoms with Crippen molar-refractivity contribution in [2.45, 2.75) is 110 Å². The van der Waals surface area contributed by atoms with Gasteiger partial charge in [0.25, 0.3) is 0 Å². The van der Waals surface area contributed by atoms with Crippen molar-refractivity contribution >= 4 is 6.29 Å². The average Bonchev–Trinajstić information content (AvgIpc) is 2.43. The van der Waals surface area contributed by atoms with Gasteiger partial charge in [0, 0.05) is 6.42 Å². The SMILES string of the molecule is [13CH3][13CH2][13CH2][13CH2][13CH2][13CH2][13CH2][13CH2][13CH2][13CH2][13CH2][13CH2][13CH2][13CH2][13CH2][13CH2][13CH2][13C]=O.